The Balaban J connectivity index is 1.80. The molecule has 0 bridgehead atoms. The van der Waals surface area contributed by atoms with E-state index in [2.05, 4.69) is 17.1 Å². The first-order valence-corrected chi connectivity index (χ1v) is 7.75. The zero-order valence-corrected chi connectivity index (χ0v) is 12.6. The van der Waals surface area contributed by atoms with Crippen molar-refractivity contribution in [1.29, 1.82) is 0 Å². The number of piperidine rings is 1. The summed E-state index contributed by atoms with van der Waals surface area (Å²) in [5.41, 5.74) is 0. The van der Waals surface area contributed by atoms with Crippen LogP contribution >= 0.6 is 23.6 Å². The van der Waals surface area contributed by atoms with Gasteiger partial charge in [-0.1, -0.05) is 13.0 Å². The standard InChI is InChI=1S/C14H18N2OS2/c1-11-6-8-16(9-7-11)14(18)15-13(17)5-4-12-3-2-10-19-12/h2-5,10-11H,6-9H2,1H3,(H,15,17,18)/b5-4+. The van der Waals surface area contributed by atoms with Crippen LogP contribution in [0.25, 0.3) is 6.08 Å². The van der Waals surface area contributed by atoms with Gasteiger partial charge in [0.2, 0.25) is 5.91 Å². The number of carbonyl (C=O) groups is 1. The molecule has 1 aromatic rings. The summed E-state index contributed by atoms with van der Waals surface area (Å²) in [6.45, 7) is 4.13. The van der Waals surface area contributed by atoms with E-state index in [0.29, 0.717) is 5.11 Å². The van der Waals surface area contributed by atoms with Gasteiger partial charge in [-0.15, -0.1) is 11.3 Å². The second-order valence-corrected chi connectivity index (χ2v) is 6.18. The quantitative estimate of drug-likeness (QED) is 0.672. The number of hydrogen-bond acceptors (Lipinski definition) is 3. The molecule has 0 spiro atoms. The van der Waals surface area contributed by atoms with Crippen molar-refractivity contribution in [2.24, 2.45) is 5.92 Å². The van der Waals surface area contributed by atoms with Crippen molar-refractivity contribution in [3.63, 3.8) is 0 Å². The SMILES string of the molecule is CC1CCN(C(=S)NC(=O)/C=C/c2cccs2)CC1. The van der Waals surface area contributed by atoms with Crippen LogP contribution in [0.15, 0.2) is 23.6 Å². The van der Waals surface area contributed by atoms with Crippen molar-refractivity contribution >= 4 is 40.7 Å². The molecule has 0 radical (unpaired) electrons. The maximum atomic E-state index is 11.7. The van der Waals surface area contributed by atoms with E-state index in [-0.39, 0.29) is 5.91 Å². The highest BCUT2D eigenvalue weighted by atomic mass is 32.1. The number of rotatable bonds is 2. The van der Waals surface area contributed by atoms with E-state index in [0.717, 1.165) is 36.7 Å². The molecule has 1 saturated heterocycles. The first kappa shape index (κ1) is 14.2. The summed E-state index contributed by atoms with van der Waals surface area (Å²) >= 11 is 6.87. The molecule has 0 saturated carbocycles. The molecule has 102 valence electrons. The fourth-order valence-electron chi connectivity index (χ4n) is 1.98. The fourth-order valence-corrected chi connectivity index (χ4v) is 2.88. The van der Waals surface area contributed by atoms with Crippen molar-refractivity contribution < 1.29 is 4.79 Å². The van der Waals surface area contributed by atoms with Gasteiger partial charge in [-0.2, -0.15) is 0 Å². The summed E-state index contributed by atoms with van der Waals surface area (Å²) in [7, 11) is 0. The first-order chi connectivity index (χ1) is 9.15. The summed E-state index contributed by atoms with van der Waals surface area (Å²) in [4.78, 5) is 14.9. The van der Waals surface area contributed by atoms with E-state index < -0.39 is 0 Å². The molecule has 1 amide bonds. The van der Waals surface area contributed by atoms with E-state index in [1.165, 1.54) is 6.08 Å². The minimum absolute atomic E-state index is 0.156. The Hall–Kier alpha value is -1.20. The molecule has 5 heteroatoms. The van der Waals surface area contributed by atoms with Gasteiger partial charge in [-0.25, -0.2) is 0 Å². The lowest BCUT2D eigenvalue weighted by molar-refractivity contribution is -0.115. The highest BCUT2D eigenvalue weighted by Crippen LogP contribution is 2.15. The van der Waals surface area contributed by atoms with Crippen LogP contribution < -0.4 is 5.32 Å². The first-order valence-electron chi connectivity index (χ1n) is 6.46. The molecule has 1 N–H and O–H groups in total. The zero-order chi connectivity index (χ0) is 13.7. The summed E-state index contributed by atoms with van der Waals surface area (Å²) in [5.74, 6) is 0.602. The summed E-state index contributed by atoms with van der Waals surface area (Å²) in [5, 5.41) is 5.30. The van der Waals surface area contributed by atoms with Crippen molar-refractivity contribution in [3.8, 4) is 0 Å². The third-order valence-electron chi connectivity index (χ3n) is 3.24. The molecule has 3 nitrogen and oxygen atoms in total. The van der Waals surface area contributed by atoms with Crippen LogP contribution in [0, 0.1) is 5.92 Å². The van der Waals surface area contributed by atoms with Crippen LogP contribution in [0.3, 0.4) is 0 Å². The molecule has 0 aromatic carbocycles. The Morgan fingerprint density at radius 2 is 2.26 bits per heavy atom. The molecule has 2 heterocycles. The van der Waals surface area contributed by atoms with Gasteiger partial charge in [0.05, 0.1) is 0 Å². The van der Waals surface area contributed by atoms with Crippen molar-refractivity contribution in [3.05, 3.63) is 28.5 Å². The van der Waals surface area contributed by atoms with Crippen LogP contribution in [0.2, 0.25) is 0 Å². The molecule has 19 heavy (non-hydrogen) atoms. The van der Waals surface area contributed by atoms with E-state index in [1.54, 1.807) is 17.4 Å². The fraction of sp³-hybridized carbons (Fsp3) is 0.429. The van der Waals surface area contributed by atoms with Gasteiger partial charge in [-0.3, -0.25) is 10.1 Å². The Bertz CT molecular complexity index is 460. The average Bonchev–Trinajstić information content (AvgIpc) is 2.90. The molecule has 0 aliphatic carbocycles. The molecule has 2 rings (SSSR count). The number of likely N-dealkylation sites (tertiary alicyclic amines) is 1. The molecule has 1 fully saturated rings. The number of thiocarbonyl (C=S) groups is 1. The van der Waals surface area contributed by atoms with Crippen molar-refractivity contribution in [2.75, 3.05) is 13.1 Å². The van der Waals surface area contributed by atoms with Gasteiger partial charge in [0.15, 0.2) is 5.11 Å². The average molecular weight is 294 g/mol. The zero-order valence-electron chi connectivity index (χ0n) is 11.0. The second-order valence-electron chi connectivity index (χ2n) is 4.81. The molecule has 1 aliphatic rings. The largest absolute Gasteiger partial charge is 0.349 e. The predicted octanol–water partition coefficient (Wildman–Crippen LogP) is 2.89. The number of nitrogens with one attached hydrogen (secondary N) is 1. The Morgan fingerprint density at radius 3 is 2.89 bits per heavy atom. The Kier molecular flexibility index (Phi) is 5.10. The van der Waals surface area contributed by atoms with Crippen LogP contribution in [0.1, 0.15) is 24.6 Å². The predicted molar refractivity (Wildman–Crippen MR) is 84.1 cm³/mol. The lowest BCUT2D eigenvalue weighted by Gasteiger charge is -2.31. The monoisotopic (exact) mass is 294 g/mol. The number of nitrogens with zero attached hydrogens (tertiary/aromatic N) is 1. The topological polar surface area (TPSA) is 32.3 Å². The third kappa shape index (κ3) is 4.44. The molecular formula is C14H18N2OS2. The smallest absolute Gasteiger partial charge is 0.250 e. The molecule has 0 atom stereocenters. The minimum Gasteiger partial charge on any atom is -0.349 e. The molecule has 1 aromatic heterocycles. The van der Waals surface area contributed by atoms with Crippen LogP contribution in [0.5, 0.6) is 0 Å². The lowest BCUT2D eigenvalue weighted by atomic mass is 10.00. The number of carbonyl (C=O) groups excluding carboxylic acids is 1. The Morgan fingerprint density at radius 1 is 1.53 bits per heavy atom. The third-order valence-corrected chi connectivity index (χ3v) is 4.44. The van der Waals surface area contributed by atoms with E-state index >= 15 is 0 Å². The van der Waals surface area contributed by atoms with Gasteiger partial charge in [-0.05, 0) is 48.5 Å². The van der Waals surface area contributed by atoms with Gasteiger partial charge in [0, 0.05) is 24.0 Å². The molecule has 0 unspecified atom stereocenters. The maximum absolute atomic E-state index is 11.7. The van der Waals surface area contributed by atoms with E-state index in [1.807, 2.05) is 17.5 Å². The Labute approximate surface area is 123 Å². The van der Waals surface area contributed by atoms with Gasteiger partial charge < -0.3 is 4.90 Å². The summed E-state index contributed by atoms with van der Waals surface area (Å²) < 4.78 is 0. The highest BCUT2D eigenvalue weighted by Gasteiger charge is 2.18. The maximum Gasteiger partial charge on any atom is 0.250 e. The normalized spacial score (nSPS) is 16.8. The summed E-state index contributed by atoms with van der Waals surface area (Å²) in [6.07, 6.45) is 5.62. The van der Waals surface area contributed by atoms with Gasteiger partial charge in [0.1, 0.15) is 0 Å². The molecule has 1 aliphatic heterocycles. The minimum atomic E-state index is -0.156. The lowest BCUT2D eigenvalue weighted by Crippen LogP contribution is -2.45. The van der Waals surface area contributed by atoms with Crippen LogP contribution in [-0.2, 0) is 4.79 Å². The van der Waals surface area contributed by atoms with Gasteiger partial charge in [0.25, 0.3) is 0 Å². The van der Waals surface area contributed by atoms with E-state index in [4.69, 9.17) is 12.2 Å². The van der Waals surface area contributed by atoms with Crippen molar-refractivity contribution in [2.45, 2.75) is 19.8 Å². The van der Waals surface area contributed by atoms with Crippen LogP contribution in [-0.4, -0.2) is 29.0 Å². The summed E-state index contributed by atoms with van der Waals surface area (Å²) in [6, 6.07) is 3.93. The number of hydrogen-bond donors (Lipinski definition) is 1. The number of thiophene rings is 1. The molecular weight excluding hydrogens is 276 g/mol. The van der Waals surface area contributed by atoms with Crippen molar-refractivity contribution in [1.82, 2.24) is 10.2 Å². The van der Waals surface area contributed by atoms with E-state index in [9.17, 15) is 4.79 Å². The number of amides is 1. The second kappa shape index (κ2) is 6.82. The van der Waals surface area contributed by atoms with Gasteiger partial charge >= 0.3 is 0 Å². The van der Waals surface area contributed by atoms with Crippen LogP contribution in [0.4, 0.5) is 0 Å². The highest BCUT2D eigenvalue weighted by molar-refractivity contribution is 7.80.